The van der Waals surface area contributed by atoms with Gasteiger partial charge in [0.2, 0.25) is 5.78 Å². The number of hydrogen-bond acceptors (Lipinski definition) is 6. The predicted molar refractivity (Wildman–Crippen MR) is 105 cm³/mol. The molecule has 0 radical (unpaired) electrons. The van der Waals surface area contributed by atoms with Crippen LogP contribution in [0.3, 0.4) is 0 Å². The fourth-order valence-corrected chi connectivity index (χ4v) is 3.64. The Morgan fingerprint density at radius 2 is 2.00 bits per heavy atom. The zero-order valence-corrected chi connectivity index (χ0v) is 16.0. The minimum absolute atomic E-state index is 0.147. The smallest absolute Gasteiger partial charge is 0.232 e. The summed E-state index contributed by atoms with van der Waals surface area (Å²) >= 11 is 0. The lowest BCUT2D eigenvalue weighted by Crippen LogP contribution is -2.35. The van der Waals surface area contributed by atoms with E-state index >= 15 is 0 Å². The highest BCUT2D eigenvalue weighted by Crippen LogP contribution is 2.42. The number of fused-ring (bicyclic) bond motifs is 1. The van der Waals surface area contributed by atoms with Gasteiger partial charge in [0, 0.05) is 25.2 Å². The molecule has 0 bridgehead atoms. The summed E-state index contributed by atoms with van der Waals surface area (Å²) in [5.74, 6) is 1.32. The Hall–Kier alpha value is -2.83. The van der Waals surface area contributed by atoms with Crippen LogP contribution in [0.5, 0.6) is 17.2 Å². The third-order valence-electron chi connectivity index (χ3n) is 5.13. The minimum Gasteiger partial charge on any atom is -0.507 e. The van der Waals surface area contributed by atoms with Crippen LogP contribution >= 0.6 is 0 Å². The maximum atomic E-state index is 13.0. The fraction of sp³-hybridized carbons (Fsp3) is 0.318. The van der Waals surface area contributed by atoms with E-state index in [0.717, 1.165) is 18.7 Å². The molecule has 2 aliphatic heterocycles. The second-order valence-electron chi connectivity index (χ2n) is 6.97. The molecule has 6 nitrogen and oxygen atoms in total. The predicted octanol–water partition coefficient (Wildman–Crippen LogP) is 3.16. The number of para-hydroxylation sites is 1. The van der Waals surface area contributed by atoms with Crippen molar-refractivity contribution < 1.29 is 24.1 Å². The Labute approximate surface area is 163 Å². The first-order valence-corrected chi connectivity index (χ1v) is 9.31. The summed E-state index contributed by atoms with van der Waals surface area (Å²) in [6.45, 7) is 5.19. The van der Waals surface area contributed by atoms with Crippen LogP contribution in [0, 0.1) is 6.92 Å². The van der Waals surface area contributed by atoms with Crippen LogP contribution in [0.1, 0.15) is 27.0 Å². The monoisotopic (exact) mass is 381 g/mol. The van der Waals surface area contributed by atoms with Crippen molar-refractivity contribution >= 4 is 11.9 Å². The van der Waals surface area contributed by atoms with Crippen molar-refractivity contribution in [2.24, 2.45) is 0 Å². The van der Waals surface area contributed by atoms with Gasteiger partial charge < -0.3 is 19.3 Å². The lowest BCUT2D eigenvalue weighted by Gasteiger charge is -2.27. The first kappa shape index (κ1) is 18.5. The number of Topliss-reactive ketones (excluding diaryl/α,β-unsaturated/α-hetero) is 1. The van der Waals surface area contributed by atoms with E-state index in [0.29, 0.717) is 47.9 Å². The lowest BCUT2D eigenvalue weighted by molar-refractivity contribution is 0.0336. The van der Waals surface area contributed by atoms with Crippen LogP contribution in [0.25, 0.3) is 6.08 Å². The second kappa shape index (κ2) is 7.66. The van der Waals surface area contributed by atoms with Crippen LogP contribution in [-0.2, 0) is 11.3 Å². The Balaban J connectivity index is 1.72. The molecule has 4 rings (SSSR count). The molecule has 0 spiro atoms. The molecule has 2 heterocycles. The van der Waals surface area contributed by atoms with Crippen molar-refractivity contribution in [1.29, 1.82) is 0 Å². The molecule has 0 aromatic heterocycles. The zero-order valence-electron chi connectivity index (χ0n) is 16.0. The van der Waals surface area contributed by atoms with Gasteiger partial charge in [0.15, 0.2) is 5.76 Å². The molecule has 2 aromatic carbocycles. The molecular weight excluding hydrogens is 358 g/mol. The Bertz CT molecular complexity index is 944. The van der Waals surface area contributed by atoms with E-state index in [2.05, 4.69) is 4.90 Å². The maximum Gasteiger partial charge on any atom is 0.232 e. The number of rotatable bonds is 4. The van der Waals surface area contributed by atoms with Gasteiger partial charge in [-0.1, -0.05) is 18.2 Å². The van der Waals surface area contributed by atoms with E-state index in [4.69, 9.17) is 14.2 Å². The van der Waals surface area contributed by atoms with Gasteiger partial charge in [-0.25, -0.2) is 0 Å². The molecule has 6 heteroatoms. The minimum atomic E-state index is -0.179. The average molecular weight is 381 g/mol. The zero-order chi connectivity index (χ0) is 19.7. The molecule has 2 aromatic rings. The summed E-state index contributed by atoms with van der Waals surface area (Å²) in [5, 5.41) is 10.5. The molecule has 0 atom stereocenters. The molecule has 0 saturated carbocycles. The normalized spacial score (nSPS) is 18.2. The molecule has 28 heavy (non-hydrogen) atoms. The van der Waals surface area contributed by atoms with Crippen molar-refractivity contribution in [1.82, 2.24) is 4.90 Å². The summed E-state index contributed by atoms with van der Waals surface area (Å²) in [4.78, 5) is 15.2. The van der Waals surface area contributed by atoms with Crippen LogP contribution in [0.2, 0.25) is 0 Å². The first-order chi connectivity index (χ1) is 13.6. The van der Waals surface area contributed by atoms with Crippen molar-refractivity contribution in [3.05, 3.63) is 58.3 Å². The number of morpholine rings is 1. The standard InChI is InChI=1S/C22H23NO5/c1-14-11-17(24)16(13-23-7-9-27-10-8-23)22-20(14)21(25)19(28-22)12-15-5-3-4-6-18(15)26-2/h3-6,11-12,24H,7-10,13H2,1-2H3/b19-12+. The number of methoxy groups -OCH3 is 1. The number of allylic oxidation sites excluding steroid dienone is 1. The van der Waals surface area contributed by atoms with Gasteiger partial charge in [-0.15, -0.1) is 0 Å². The Morgan fingerprint density at radius 1 is 1.25 bits per heavy atom. The Morgan fingerprint density at radius 3 is 2.75 bits per heavy atom. The molecule has 0 amide bonds. The highest BCUT2D eigenvalue weighted by Gasteiger charge is 2.34. The quantitative estimate of drug-likeness (QED) is 0.821. The van der Waals surface area contributed by atoms with Gasteiger partial charge in [0.25, 0.3) is 0 Å². The molecule has 146 valence electrons. The molecule has 0 unspecified atom stereocenters. The first-order valence-electron chi connectivity index (χ1n) is 9.31. The number of aryl methyl sites for hydroxylation is 1. The lowest BCUT2D eigenvalue weighted by atomic mass is 9.99. The van der Waals surface area contributed by atoms with Gasteiger partial charge in [-0.05, 0) is 30.7 Å². The Kier molecular flexibility index (Phi) is 5.07. The number of hydrogen-bond donors (Lipinski definition) is 1. The summed E-state index contributed by atoms with van der Waals surface area (Å²) in [6, 6.07) is 9.09. The van der Waals surface area contributed by atoms with Gasteiger partial charge in [-0.2, -0.15) is 0 Å². The summed E-state index contributed by atoms with van der Waals surface area (Å²) in [5.41, 5.74) is 2.62. The van der Waals surface area contributed by atoms with Crippen LogP contribution < -0.4 is 9.47 Å². The van der Waals surface area contributed by atoms with Crippen molar-refractivity contribution in [2.45, 2.75) is 13.5 Å². The highest BCUT2D eigenvalue weighted by atomic mass is 16.5. The van der Waals surface area contributed by atoms with Gasteiger partial charge in [-0.3, -0.25) is 9.69 Å². The molecule has 0 aliphatic carbocycles. The van der Waals surface area contributed by atoms with Crippen LogP contribution in [-0.4, -0.2) is 49.2 Å². The summed E-state index contributed by atoms with van der Waals surface area (Å²) < 4.78 is 16.8. The summed E-state index contributed by atoms with van der Waals surface area (Å²) in [7, 11) is 1.59. The topological polar surface area (TPSA) is 68.2 Å². The highest BCUT2D eigenvalue weighted by molar-refractivity contribution is 6.16. The average Bonchev–Trinajstić information content (AvgIpc) is 3.03. The number of nitrogens with zero attached hydrogens (tertiary/aromatic N) is 1. The maximum absolute atomic E-state index is 13.0. The SMILES string of the molecule is COc1ccccc1/C=C1/Oc2c(CN3CCOCC3)c(O)cc(C)c2C1=O. The van der Waals surface area contributed by atoms with Gasteiger partial charge in [0.1, 0.15) is 17.2 Å². The molecule has 2 aliphatic rings. The van der Waals surface area contributed by atoms with E-state index in [9.17, 15) is 9.90 Å². The third kappa shape index (κ3) is 3.37. The van der Waals surface area contributed by atoms with Crippen molar-refractivity contribution in [2.75, 3.05) is 33.4 Å². The van der Waals surface area contributed by atoms with Crippen molar-refractivity contribution in [3.63, 3.8) is 0 Å². The van der Waals surface area contributed by atoms with Crippen LogP contribution in [0.15, 0.2) is 36.1 Å². The summed E-state index contributed by atoms with van der Waals surface area (Å²) in [6.07, 6.45) is 1.69. The third-order valence-corrected chi connectivity index (χ3v) is 5.13. The van der Waals surface area contributed by atoms with E-state index < -0.39 is 0 Å². The van der Waals surface area contributed by atoms with Crippen LogP contribution in [0.4, 0.5) is 0 Å². The number of ether oxygens (including phenoxy) is 3. The number of phenols is 1. The number of ketones is 1. The largest absolute Gasteiger partial charge is 0.507 e. The number of aromatic hydroxyl groups is 1. The van der Waals surface area contributed by atoms with E-state index in [1.54, 1.807) is 19.3 Å². The number of carbonyl (C=O) groups excluding carboxylic acids is 1. The molecule has 1 fully saturated rings. The number of phenolic OH excluding ortho intramolecular Hbond substituents is 1. The second-order valence-corrected chi connectivity index (χ2v) is 6.97. The molecule has 1 saturated heterocycles. The fourth-order valence-electron chi connectivity index (χ4n) is 3.64. The number of carbonyl (C=O) groups is 1. The van der Waals surface area contributed by atoms with E-state index in [-0.39, 0.29) is 17.3 Å². The van der Waals surface area contributed by atoms with Gasteiger partial charge >= 0.3 is 0 Å². The van der Waals surface area contributed by atoms with E-state index in [1.807, 2.05) is 31.2 Å². The molecule has 1 N–H and O–H groups in total. The number of benzene rings is 2. The van der Waals surface area contributed by atoms with Crippen molar-refractivity contribution in [3.8, 4) is 17.2 Å². The van der Waals surface area contributed by atoms with E-state index in [1.165, 1.54) is 0 Å². The molecular formula is C22H23NO5. The van der Waals surface area contributed by atoms with Gasteiger partial charge in [0.05, 0.1) is 31.5 Å².